The molecular weight excluding hydrogens is 234 g/mol. The normalized spacial score (nSPS) is 28.1. The molecule has 2 aliphatic rings. The van der Waals surface area contributed by atoms with E-state index in [0.717, 1.165) is 25.0 Å². The lowest BCUT2D eigenvalue weighted by Crippen LogP contribution is -2.50. The molecular formula is C17H33NO. The zero-order chi connectivity index (χ0) is 13.7. The predicted octanol–water partition coefficient (Wildman–Crippen LogP) is 4.00. The second kappa shape index (κ2) is 7.08. The molecule has 2 atom stereocenters. The van der Waals surface area contributed by atoms with Gasteiger partial charge in [0.25, 0.3) is 0 Å². The number of rotatable bonds is 7. The van der Waals surface area contributed by atoms with E-state index in [1.165, 1.54) is 51.5 Å². The van der Waals surface area contributed by atoms with Gasteiger partial charge in [-0.15, -0.1) is 0 Å². The molecule has 0 aromatic rings. The van der Waals surface area contributed by atoms with Crippen LogP contribution in [0.5, 0.6) is 0 Å². The average Bonchev–Trinajstić information content (AvgIpc) is 3.01. The monoisotopic (exact) mass is 267 g/mol. The van der Waals surface area contributed by atoms with Gasteiger partial charge in [-0.1, -0.05) is 33.6 Å². The highest BCUT2D eigenvalue weighted by Gasteiger charge is 2.45. The van der Waals surface area contributed by atoms with Crippen LogP contribution >= 0.6 is 0 Å². The Balaban J connectivity index is 2.11. The summed E-state index contributed by atoms with van der Waals surface area (Å²) in [6.45, 7) is 10.2. The Kier molecular flexibility index (Phi) is 5.70. The van der Waals surface area contributed by atoms with Gasteiger partial charge in [0.1, 0.15) is 0 Å². The maximum absolute atomic E-state index is 5.69. The lowest BCUT2D eigenvalue weighted by molar-refractivity contribution is 0.0958. The first-order valence-electron chi connectivity index (χ1n) is 8.49. The van der Waals surface area contributed by atoms with E-state index in [4.69, 9.17) is 4.74 Å². The minimum atomic E-state index is 0.557. The van der Waals surface area contributed by atoms with Gasteiger partial charge < -0.3 is 10.1 Å². The summed E-state index contributed by atoms with van der Waals surface area (Å²) < 4.78 is 5.69. The molecule has 1 aliphatic carbocycles. The molecule has 0 spiro atoms. The molecule has 0 bridgehead atoms. The van der Waals surface area contributed by atoms with Crippen LogP contribution in [0.15, 0.2) is 0 Å². The summed E-state index contributed by atoms with van der Waals surface area (Å²) in [5.41, 5.74) is 0.557. The number of hydrogen-bond acceptors (Lipinski definition) is 2. The minimum Gasteiger partial charge on any atom is -0.381 e. The van der Waals surface area contributed by atoms with Crippen molar-refractivity contribution in [3.05, 3.63) is 0 Å². The molecule has 1 saturated heterocycles. The molecule has 2 fully saturated rings. The quantitative estimate of drug-likeness (QED) is 0.753. The fraction of sp³-hybridized carbons (Fsp3) is 1.00. The van der Waals surface area contributed by atoms with Gasteiger partial charge in [-0.3, -0.25) is 0 Å². The van der Waals surface area contributed by atoms with Crippen molar-refractivity contribution in [2.75, 3.05) is 19.8 Å². The SMILES string of the molecule is CCCNC(C1CCOC1)C1(CC(C)C)CCCC1. The fourth-order valence-electron chi connectivity index (χ4n) is 4.53. The van der Waals surface area contributed by atoms with E-state index >= 15 is 0 Å². The van der Waals surface area contributed by atoms with Crippen molar-refractivity contribution in [3.63, 3.8) is 0 Å². The summed E-state index contributed by atoms with van der Waals surface area (Å²) in [7, 11) is 0. The van der Waals surface area contributed by atoms with Gasteiger partial charge in [0.05, 0.1) is 6.61 Å². The van der Waals surface area contributed by atoms with E-state index in [0.29, 0.717) is 11.5 Å². The standard InChI is InChI=1S/C17H33NO/c1-4-10-18-16(15-7-11-19-13-15)17(12-14(2)3)8-5-6-9-17/h14-16,18H,4-13H2,1-3H3. The van der Waals surface area contributed by atoms with E-state index in [-0.39, 0.29) is 0 Å². The van der Waals surface area contributed by atoms with Crippen LogP contribution in [0.3, 0.4) is 0 Å². The van der Waals surface area contributed by atoms with Crippen LogP contribution in [0, 0.1) is 17.3 Å². The molecule has 2 nitrogen and oxygen atoms in total. The summed E-state index contributed by atoms with van der Waals surface area (Å²) in [6.07, 6.45) is 9.63. The molecule has 2 rings (SSSR count). The van der Waals surface area contributed by atoms with Crippen molar-refractivity contribution in [2.24, 2.45) is 17.3 Å². The lowest BCUT2D eigenvalue weighted by atomic mass is 9.68. The van der Waals surface area contributed by atoms with Crippen LogP contribution in [0.25, 0.3) is 0 Å². The first kappa shape index (κ1) is 15.3. The van der Waals surface area contributed by atoms with E-state index < -0.39 is 0 Å². The highest BCUT2D eigenvalue weighted by molar-refractivity contribution is 4.99. The van der Waals surface area contributed by atoms with E-state index in [2.05, 4.69) is 26.1 Å². The third-order valence-electron chi connectivity index (χ3n) is 5.12. The van der Waals surface area contributed by atoms with Crippen molar-refractivity contribution in [1.29, 1.82) is 0 Å². The average molecular weight is 267 g/mol. The van der Waals surface area contributed by atoms with Gasteiger partial charge in [0.15, 0.2) is 0 Å². The zero-order valence-electron chi connectivity index (χ0n) is 13.2. The first-order chi connectivity index (χ1) is 9.18. The van der Waals surface area contributed by atoms with Crippen molar-refractivity contribution >= 4 is 0 Å². The summed E-state index contributed by atoms with van der Waals surface area (Å²) in [4.78, 5) is 0. The Morgan fingerprint density at radius 3 is 2.53 bits per heavy atom. The smallest absolute Gasteiger partial charge is 0.0510 e. The number of hydrogen-bond donors (Lipinski definition) is 1. The highest BCUT2D eigenvalue weighted by Crippen LogP contribution is 2.48. The van der Waals surface area contributed by atoms with Gasteiger partial charge >= 0.3 is 0 Å². The second-order valence-corrected chi connectivity index (χ2v) is 7.22. The third kappa shape index (κ3) is 3.72. The van der Waals surface area contributed by atoms with Crippen molar-refractivity contribution in [3.8, 4) is 0 Å². The number of ether oxygens (including phenoxy) is 1. The topological polar surface area (TPSA) is 21.3 Å². The van der Waals surface area contributed by atoms with E-state index in [1.54, 1.807) is 0 Å². The van der Waals surface area contributed by atoms with Crippen LogP contribution in [-0.4, -0.2) is 25.8 Å². The van der Waals surface area contributed by atoms with E-state index in [9.17, 15) is 0 Å². The Morgan fingerprint density at radius 2 is 2.00 bits per heavy atom. The molecule has 0 amide bonds. The maximum Gasteiger partial charge on any atom is 0.0510 e. The van der Waals surface area contributed by atoms with Gasteiger partial charge in [-0.25, -0.2) is 0 Å². The fourth-order valence-corrected chi connectivity index (χ4v) is 4.53. The highest BCUT2D eigenvalue weighted by atomic mass is 16.5. The molecule has 2 heteroatoms. The molecule has 2 unspecified atom stereocenters. The summed E-state index contributed by atoms with van der Waals surface area (Å²) >= 11 is 0. The van der Waals surface area contributed by atoms with Gasteiger partial charge in [-0.2, -0.15) is 0 Å². The first-order valence-corrected chi connectivity index (χ1v) is 8.49. The van der Waals surface area contributed by atoms with Crippen LogP contribution in [0.1, 0.15) is 65.7 Å². The molecule has 0 aromatic heterocycles. The third-order valence-corrected chi connectivity index (χ3v) is 5.12. The Hall–Kier alpha value is -0.0800. The number of nitrogens with one attached hydrogen (secondary N) is 1. The van der Waals surface area contributed by atoms with Gasteiger partial charge in [-0.05, 0) is 50.0 Å². The molecule has 1 N–H and O–H groups in total. The Bertz CT molecular complexity index is 252. The summed E-state index contributed by atoms with van der Waals surface area (Å²) in [5.74, 6) is 1.56. The maximum atomic E-state index is 5.69. The Morgan fingerprint density at radius 1 is 1.26 bits per heavy atom. The Labute approximate surface area is 119 Å². The predicted molar refractivity (Wildman–Crippen MR) is 81.4 cm³/mol. The second-order valence-electron chi connectivity index (χ2n) is 7.22. The van der Waals surface area contributed by atoms with Crippen LogP contribution in [-0.2, 0) is 4.74 Å². The molecule has 1 aliphatic heterocycles. The summed E-state index contributed by atoms with van der Waals surface area (Å²) in [6, 6.07) is 0.694. The minimum absolute atomic E-state index is 0.557. The van der Waals surface area contributed by atoms with Crippen molar-refractivity contribution in [2.45, 2.75) is 71.8 Å². The molecule has 19 heavy (non-hydrogen) atoms. The molecule has 0 radical (unpaired) electrons. The van der Waals surface area contributed by atoms with Crippen molar-refractivity contribution < 1.29 is 4.74 Å². The van der Waals surface area contributed by atoms with Crippen LogP contribution < -0.4 is 5.32 Å². The zero-order valence-corrected chi connectivity index (χ0v) is 13.2. The van der Waals surface area contributed by atoms with E-state index in [1.807, 2.05) is 0 Å². The van der Waals surface area contributed by atoms with Crippen molar-refractivity contribution in [1.82, 2.24) is 5.32 Å². The lowest BCUT2D eigenvalue weighted by Gasteiger charge is -2.42. The molecule has 1 heterocycles. The van der Waals surface area contributed by atoms with Gasteiger partial charge in [0, 0.05) is 18.6 Å². The van der Waals surface area contributed by atoms with Crippen LogP contribution in [0.4, 0.5) is 0 Å². The van der Waals surface area contributed by atoms with Crippen LogP contribution in [0.2, 0.25) is 0 Å². The molecule has 1 saturated carbocycles. The molecule has 112 valence electrons. The largest absolute Gasteiger partial charge is 0.381 e. The molecule has 0 aromatic carbocycles. The van der Waals surface area contributed by atoms with Gasteiger partial charge in [0.2, 0.25) is 0 Å². The summed E-state index contributed by atoms with van der Waals surface area (Å²) in [5, 5.41) is 3.92.